The van der Waals surface area contributed by atoms with Gasteiger partial charge in [0.2, 0.25) is 0 Å². The zero-order chi connectivity index (χ0) is 13.8. The van der Waals surface area contributed by atoms with Crippen molar-refractivity contribution in [3.8, 4) is 0 Å². The zero-order valence-corrected chi connectivity index (χ0v) is 11.0. The molecule has 0 aliphatic carbocycles. The van der Waals surface area contributed by atoms with Crippen LogP contribution in [0, 0.1) is 11.6 Å². The lowest BCUT2D eigenvalue weighted by atomic mass is 10.0. The minimum atomic E-state index is -0.545. The van der Waals surface area contributed by atoms with E-state index in [2.05, 4.69) is 5.32 Å². The Morgan fingerprint density at radius 1 is 0.789 bits per heavy atom. The van der Waals surface area contributed by atoms with Gasteiger partial charge in [0.15, 0.2) is 0 Å². The van der Waals surface area contributed by atoms with Crippen molar-refractivity contribution in [1.82, 2.24) is 5.32 Å². The van der Waals surface area contributed by atoms with Gasteiger partial charge in [0.1, 0.15) is 11.6 Å². The van der Waals surface area contributed by atoms with Gasteiger partial charge in [-0.2, -0.15) is 0 Å². The van der Waals surface area contributed by atoms with E-state index in [-0.39, 0.29) is 12.1 Å². The lowest BCUT2D eigenvalue weighted by Crippen LogP contribution is -2.22. The molecule has 0 aromatic heterocycles. The third kappa shape index (κ3) is 3.61. The summed E-state index contributed by atoms with van der Waals surface area (Å²) in [6.07, 6.45) is 0. The Hall–Kier alpha value is -1.74. The van der Waals surface area contributed by atoms with Crippen LogP contribution in [0.5, 0.6) is 0 Å². The van der Waals surface area contributed by atoms with Crippen molar-refractivity contribution < 1.29 is 8.78 Å². The summed E-state index contributed by atoms with van der Waals surface area (Å²) in [5.74, 6) is -1.09. The predicted octanol–water partition coefficient (Wildman–Crippen LogP) is 4.38. The lowest BCUT2D eigenvalue weighted by Gasteiger charge is -2.21. The second-order valence-electron chi connectivity index (χ2n) is 4.72. The Kier molecular flexibility index (Phi) is 4.27. The molecule has 1 nitrogen and oxygen atoms in total. The predicted molar refractivity (Wildman–Crippen MR) is 72.8 cm³/mol. The van der Waals surface area contributed by atoms with Gasteiger partial charge >= 0.3 is 0 Å². The summed E-state index contributed by atoms with van der Waals surface area (Å²) < 4.78 is 26.4. The maximum Gasteiger partial charge on any atom is 0.126 e. The minimum absolute atomic E-state index is 0.113. The number of halogens is 2. The molecule has 0 aliphatic heterocycles. The summed E-state index contributed by atoms with van der Waals surface area (Å²) in [4.78, 5) is 0. The van der Waals surface area contributed by atoms with E-state index in [1.54, 1.807) is 0 Å². The highest BCUT2D eigenvalue weighted by Crippen LogP contribution is 2.20. The smallest absolute Gasteiger partial charge is 0.126 e. The van der Waals surface area contributed by atoms with E-state index in [1.165, 1.54) is 12.1 Å². The average molecular weight is 261 g/mol. The van der Waals surface area contributed by atoms with Crippen molar-refractivity contribution in [2.75, 3.05) is 0 Å². The topological polar surface area (TPSA) is 12.0 Å². The molecule has 2 aromatic rings. The highest BCUT2D eigenvalue weighted by molar-refractivity contribution is 5.23. The van der Waals surface area contributed by atoms with Crippen LogP contribution < -0.4 is 5.32 Å². The highest BCUT2D eigenvalue weighted by atomic mass is 19.1. The standard InChI is InChI=1S/C16H17F2N/c1-11(13-6-4-3-5-7-13)19-12(2)14-8-15(17)10-16(18)9-14/h3-12,19H,1-2H3/t11-,12+/m0/s1. The summed E-state index contributed by atoms with van der Waals surface area (Å²) in [7, 11) is 0. The normalized spacial score (nSPS) is 14.1. The maximum atomic E-state index is 13.2. The van der Waals surface area contributed by atoms with Crippen LogP contribution in [-0.4, -0.2) is 0 Å². The Morgan fingerprint density at radius 2 is 1.32 bits per heavy atom. The van der Waals surface area contributed by atoms with Gasteiger partial charge in [-0.1, -0.05) is 30.3 Å². The molecule has 2 rings (SSSR count). The number of hydrogen-bond acceptors (Lipinski definition) is 1. The number of nitrogens with one attached hydrogen (secondary N) is 1. The Bertz CT molecular complexity index is 519. The van der Waals surface area contributed by atoms with Crippen molar-refractivity contribution in [2.45, 2.75) is 25.9 Å². The molecule has 2 aromatic carbocycles. The molecule has 3 heteroatoms. The fourth-order valence-electron chi connectivity index (χ4n) is 2.13. The van der Waals surface area contributed by atoms with E-state index >= 15 is 0 Å². The molecule has 0 fully saturated rings. The largest absolute Gasteiger partial charge is 0.304 e. The lowest BCUT2D eigenvalue weighted by molar-refractivity contribution is 0.487. The zero-order valence-electron chi connectivity index (χ0n) is 11.0. The molecule has 0 amide bonds. The first-order valence-corrected chi connectivity index (χ1v) is 6.33. The van der Waals surface area contributed by atoms with E-state index in [0.29, 0.717) is 5.56 Å². The molecule has 19 heavy (non-hydrogen) atoms. The fraction of sp³-hybridized carbons (Fsp3) is 0.250. The quantitative estimate of drug-likeness (QED) is 0.861. The molecular weight excluding hydrogens is 244 g/mol. The molecular formula is C16H17F2N. The SMILES string of the molecule is C[C@H](N[C@H](C)c1cc(F)cc(F)c1)c1ccccc1. The number of hydrogen-bond donors (Lipinski definition) is 1. The molecule has 0 saturated heterocycles. The van der Waals surface area contributed by atoms with Gasteiger partial charge in [0.25, 0.3) is 0 Å². The molecule has 100 valence electrons. The van der Waals surface area contributed by atoms with Crippen molar-refractivity contribution >= 4 is 0 Å². The van der Waals surface area contributed by atoms with Gasteiger partial charge in [0.05, 0.1) is 0 Å². The van der Waals surface area contributed by atoms with Gasteiger partial charge < -0.3 is 5.32 Å². The first-order chi connectivity index (χ1) is 9.06. The monoisotopic (exact) mass is 261 g/mol. The minimum Gasteiger partial charge on any atom is -0.304 e. The number of benzene rings is 2. The van der Waals surface area contributed by atoms with Crippen molar-refractivity contribution in [1.29, 1.82) is 0 Å². The van der Waals surface area contributed by atoms with Crippen LogP contribution in [0.25, 0.3) is 0 Å². The third-order valence-electron chi connectivity index (χ3n) is 3.18. The second kappa shape index (κ2) is 5.93. The molecule has 0 bridgehead atoms. The molecule has 2 atom stereocenters. The van der Waals surface area contributed by atoms with E-state index < -0.39 is 11.6 Å². The van der Waals surface area contributed by atoms with Gasteiger partial charge in [-0.25, -0.2) is 8.78 Å². The third-order valence-corrected chi connectivity index (χ3v) is 3.18. The van der Waals surface area contributed by atoms with Gasteiger partial charge in [0, 0.05) is 18.2 Å². The summed E-state index contributed by atoms with van der Waals surface area (Å²) in [5.41, 5.74) is 1.76. The van der Waals surface area contributed by atoms with Crippen LogP contribution in [0.2, 0.25) is 0 Å². The second-order valence-corrected chi connectivity index (χ2v) is 4.72. The number of rotatable bonds is 4. The summed E-state index contributed by atoms with van der Waals surface area (Å²) in [6, 6.07) is 13.5. The first kappa shape index (κ1) is 13.7. The molecule has 0 heterocycles. The highest BCUT2D eigenvalue weighted by Gasteiger charge is 2.12. The van der Waals surface area contributed by atoms with Crippen molar-refractivity contribution in [3.63, 3.8) is 0 Å². The molecule has 0 saturated carbocycles. The van der Waals surface area contributed by atoms with E-state index in [1.807, 2.05) is 44.2 Å². The fourth-order valence-corrected chi connectivity index (χ4v) is 2.13. The van der Waals surface area contributed by atoms with Crippen LogP contribution in [0.4, 0.5) is 8.78 Å². The molecule has 0 spiro atoms. The average Bonchev–Trinajstić information content (AvgIpc) is 2.38. The van der Waals surface area contributed by atoms with Crippen LogP contribution >= 0.6 is 0 Å². The summed E-state index contributed by atoms with van der Waals surface area (Å²) >= 11 is 0. The van der Waals surface area contributed by atoms with Gasteiger partial charge in [-0.3, -0.25) is 0 Å². The Labute approximate surface area is 112 Å². The van der Waals surface area contributed by atoms with Gasteiger partial charge in [-0.05, 0) is 37.1 Å². The van der Waals surface area contributed by atoms with E-state index in [0.717, 1.165) is 11.6 Å². The molecule has 0 aliphatic rings. The Balaban J connectivity index is 2.10. The van der Waals surface area contributed by atoms with E-state index in [4.69, 9.17) is 0 Å². The molecule has 0 radical (unpaired) electrons. The van der Waals surface area contributed by atoms with Crippen molar-refractivity contribution in [3.05, 3.63) is 71.3 Å². The van der Waals surface area contributed by atoms with Crippen LogP contribution in [0.3, 0.4) is 0 Å². The van der Waals surface area contributed by atoms with E-state index in [9.17, 15) is 8.78 Å². The molecule has 1 N–H and O–H groups in total. The van der Waals surface area contributed by atoms with Gasteiger partial charge in [-0.15, -0.1) is 0 Å². The van der Waals surface area contributed by atoms with Crippen LogP contribution in [0.1, 0.15) is 37.1 Å². The van der Waals surface area contributed by atoms with Crippen LogP contribution in [0.15, 0.2) is 48.5 Å². The molecule has 0 unspecified atom stereocenters. The van der Waals surface area contributed by atoms with Crippen molar-refractivity contribution in [2.24, 2.45) is 0 Å². The first-order valence-electron chi connectivity index (χ1n) is 6.33. The summed E-state index contributed by atoms with van der Waals surface area (Å²) in [5, 5.41) is 3.33. The summed E-state index contributed by atoms with van der Waals surface area (Å²) in [6.45, 7) is 3.93. The maximum absolute atomic E-state index is 13.2. The Morgan fingerprint density at radius 3 is 1.89 bits per heavy atom. The van der Waals surface area contributed by atoms with Crippen LogP contribution in [-0.2, 0) is 0 Å².